The first-order chi connectivity index (χ1) is 8.45. The third-order valence-electron chi connectivity index (χ3n) is 3.53. The van der Waals surface area contributed by atoms with Crippen LogP contribution in [0.15, 0.2) is 18.3 Å². The summed E-state index contributed by atoms with van der Waals surface area (Å²) in [6, 6.07) is 5.11. The van der Waals surface area contributed by atoms with Gasteiger partial charge in [0.2, 0.25) is 0 Å². The van der Waals surface area contributed by atoms with Crippen molar-refractivity contribution in [3.8, 4) is 0 Å². The zero-order valence-corrected chi connectivity index (χ0v) is 12.6. The van der Waals surface area contributed by atoms with E-state index in [-0.39, 0.29) is 0 Å². The van der Waals surface area contributed by atoms with E-state index in [2.05, 4.69) is 62.1 Å². The lowest BCUT2D eigenvalue weighted by Gasteiger charge is -2.28. The van der Waals surface area contributed by atoms with Crippen LogP contribution in [0.5, 0.6) is 0 Å². The molecule has 1 aromatic rings. The van der Waals surface area contributed by atoms with Crippen LogP contribution in [0, 0.1) is 5.92 Å². The first-order valence-electron chi connectivity index (χ1n) is 6.81. The van der Waals surface area contributed by atoms with Gasteiger partial charge >= 0.3 is 0 Å². The monoisotopic (exact) mass is 249 g/mol. The lowest BCUT2D eigenvalue weighted by Crippen LogP contribution is -2.30. The summed E-state index contributed by atoms with van der Waals surface area (Å²) in [6.07, 6.45) is 3.17. The lowest BCUT2D eigenvalue weighted by molar-refractivity contribution is 0.503. The van der Waals surface area contributed by atoms with E-state index in [1.165, 1.54) is 12.1 Å². The summed E-state index contributed by atoms with van der Waals surface area (Å²) in [5.41, 5.74) is 2.28. The summed E-state index contributed by atoms with van der Waals surface area (Å²) < 4.78 is 0. The Hall–Kier alpha value is -1.09. The van der Waals surface area contributed by atoms with Gasteiger partial charge in [-0.25, -0.2) is 0 Å². The topological polar surface area (TPSA) is 28.2 Å². The molecule has 3 nitrogen and oxygen atoms in total. The maximum absolute atomic E-state index is 4.53. The summed E-state index contributed by atoms with van der Waals surface area (Å²) in [5.74, 6) is 0.721. The second-order valence-corrected chi connectivity index (χ2v) is 5.54. The fraction of sp³-hybridized carbons (Fsp3) is 0.667. The van der Waals surface area contributed by atoms with Crippen LogP contribution in [0.1, 0.15) is 45.9 Å². The molecule has 0 aliphatic carbocycles. The molecule has 0 saturated carbocycles. The van der Waals surface area contributed by atoms with Gasteiger partial charge in [-0.1, -0.05) is 13.8 Å². The Kier molecular flexibility index (Phi) is 5.60. The minimum Gasteiger partial charge on any atom is -0.371 e. The largest absolute Gasteiger partial charge is 0.371 e. The molecule has 1 heterocycles. The first kappa shape index (κ1) is 15.0. The van der Waals surface area contributed by atoms with E-state index in [9.17, 15) is 0 Å². The van der Waals surface area contributed by atoms with E-state index >= 15 is 0 Å². The summed E-state index contributed by atoms with van der Waals surface area (Å²) in [7, 11) is 4.10. The number of hydrogen-bond acceptors (Lipinski definition) is 3. The molecule has 3 heteroatoms. The standard InChI is InChI=1S/C15H27N3/c1-11(2)9-12(3)18(6)14-7-8-15(17-10-14)13(4)16-5/h7-8,10-13,16H,9H2,1-6H3. The Morgan fingerprint density at radius 1 is 1.22 bits per heavy atom. The van der Waals surface area contributed by atoms with Crippen molar-refractivity contribution < 1.29 is 0 Å². The molecule has 1 rings (SSSR count). The van der Waals surface area contributed by atoms with Crippen LogP contribution in [-0.2, 0) is 0 Å². The van der Waals surface area contributed by atoms with Crippen molar-refractivity contribution in [1.82, 2.24) is 10.3 Å². The van der Waals surface area contributed by atoms with E-state index < -0.39 is 0 Å². The van der Waals surface area contributed by atoms with Crippen LogP contribution in [-0.4, -0.2) is 25.1 Å². The normalized spacial score (nSPS) is 14.6. The van der Waals surface area contributed by atoms with E-state index in [1.54, 1.807) is 0 Å². The van der Waals surface area contributed by atoms with Crippen LogP contribution >= 0.6 is 0 Å². The highest BCUT2D eigenvalue weighted by Gasteiger charge is 2.12. The van der Waals surface area contributed by atoms with Gasteiger partial charge in [0.15, 0.2) is 0 Å². The Bertz CT molecular complexity index is 345. The van der Waals surface area contributed by atoms with Gasteiger partial charge in [0.05, 0.1) is 17.6 Å². The molecule has 102 valence electrons. The van der Waals surface area contributed by atoms with E-state index in [0.717, 1.165) is 11.6 Å². The summed E-state index contributed by atoms with van der Waals surface area (Å²) in [4.78, 5) is 6.83. The summed E-state index contributed by atoms with van der Waals surface area (Å²) in [5, 5.41) is 3.20. The molecular weight excluding hydrogens is 222 g/mol. The number of pyridine rings is 1. The highest BCUT2D eigenvalue weighted by molar-refractivity contribution is 5.44. The molecule has 2 unspecified atom stereocenters. The summed E-state index contributed by atoms with van der Waals surface area (Å²) in [6.45, 7) is 8.91. The zero-order chi connectivity index (χ0) is 13.7. The summed E-state index contributed by atoms with van der Waals surface area (Å²) >= 11 is 0. The molecule has 1 N–H and O–H groups in total. The highest BCUT2D eigenvalue weighted by Crippen LogP contribution is 2.19. The van der Waals surface area contributed by atoms with Crippen LogP contribution < -0.4 is 10.2 Å². The minimum absolute atomic E-state index is 0.303. The predicted octanol–water partition coefficient (Wildman–Crippen LogP) is 3.23. The highest BCUT2D eigenvalue weighted by atomic mass is 15.1. The molecule has 0 aliphatic rings. The van der Waals surface area contributed by atoms with Gasteiger partial charge < -0.3 is 10.2 Å². The van der Waals surface area contributed by atoms with Gasteiger partial charge in [0.25, 0.3) is 0 Å². The van der Waals surface area contributed by atoms with Crippen molar-refractivity contribution in [2.75, 3.05) is 19.0 Å². The van der Waals surface area contributed by atoms with Gasteiger partial charge in [-0.2, -0.15) is 0 Å². The van der Waals surface area contributed by atoms with E-state index in [4.69, 9.17) is 0 Å². The fourth-order valence-corrected chi connectivity index (χ4v) is 2.10. The maximum Gasteiger partial charge on any atom is 0.0571 e. The van der Waals surface area contributed by atoms with Crippen LogP contribution in [0.4, 0.5) is 5.69 Å². The smallest absolute Gasteiger partial charge is 0.0571 e. The molecule has 0 spiro atoms. The molecular formula is C15H27N3. The van der Waals surface area contributed by atoms with Gasteiger partial charge in [-0.15, -0.1) is 0 Å². The van der Waals surface area contributed by atoms with Crippen LogP contribution in [0.2, 0.25) is 0 Å². The van der Waals surface area contributed by atoms with Gasteiger partial charge in [0.1, 0.15) is 0 Å². The molecule has 2 atom stereocenters. The number of anilines is 1. The molecule has 0 amide bonds. The number of rotatable bonds is 6. The van der Waals surface area contributed by atoms with Gasteiger partial charge in [-0.05, 0) is 45.4 Å². The quantitative estimate of drug-likeness (QED) is 0.839. The van der Waals surface area contributed by atoms with E-state index in [1.807, 2.05) is 13.2 Å². The second-order valence-electron chi connectivity index (χ2n) is 5.54. The number of hydrogen-bond donors (Lipinski definition) is 1. The average Bonchev–Trinajstić information content (AvgIpc) is 2.36. The zero-order valence-electron chi connectivity index (χ0n) is 12.6. The lowest BCUT2D eigenvalue weighted by atomic mass is 10.0. The van der Waals surface area contributed by atoms with Crippen LogP contribution in [0.3, 0.4) is 0 Å². The molecule has 18 heavy (non-hydrogen) atoms. The van der Waals surface area contributed by atoms with Gasteiger partial charge in [-0.3, -0.25) is 4.98 Å². The Balaban J connectivity index is 2.72. The van der Waals surface area contributed by atoms with Crippen molar-refractivity contribution in [1.29, 1.82) is 0 Å². The maximum atomic E-state index is 4.53. The van der Waals surface area contributed by atoms with Crippen LogP contribution in [0.25, 0.3) is 0 Å². The molecule has 0 radical (unpaired) electrons. The SMILES string of the molecule is CNC(C)c1ccc(N(C)C(C)CC(C)C)cn1. The Morgan fingerprint density at radius 2 is 1.89 bits per heavy atom. The van der Waals surface area contributed by atoms with Crippen molar-refractivity contribution in [3.05, 3.63) is 24.0 Å². The van der Waals surface area contributed by atoms with Crippen molar-refractivity contribution in [3.63, 3.8) is 0 Å². The molecule has 0 bridgehead atoms. The Morgan fingerprint density at radius 3 is 2.33 bits per heavy atom. The molecule has 0 aliphatic heterocycles. The minimum atomic E-state index is 0.303. The van der Waals surface area contributed by atoms with Crippen molar-refractivity contribution in [2.24, 2.45) is 5.92 Å². The third kappa shape index (κ3) is 3.98. The van der Waals surface area contributed by atoms with Crippen molar-refractivity contribution >= 4 is 5.69 Å². The number of nitrogens with one attached hydrogen (secondary N) is 1. The Labute approximate surface area is 112 Å². The molecule has 1 aromatic heterocycles. The van der Waals surface area contributed by atoms with Gasteiger partial charge in [0, 0.05) is 19.1 Å². The fourth-order valence-electron chi connectivity index (χ4n) is 2.10. The first-order valence-corrected chi connectivity index (χ1v) is 6.81. The average molecular weight is 249 g/mol. The number of nitrogens with zero attached hydrogens (tertiary/aromatic N) is 2. The van der Waals surface area contributed by atoms with Crippen molar-refractivity contribution in [2.45, 2.75) is 46.2 Å². The van der Waals surface area contributed by atoms with E-state index in [0.29, 0.717) is 12.1 Å². The molecule has 0 aromatic carbocycles. The predicted molar refractivity (Wildman–Crippen MR) is 79.0 cm³/mol. The second kappa shape index (κ2) is 6.74. The molecule has 0 saturated heterocycles. The third-order valence-corrected chi connectivity index (χ3v) is 3.53. The molecule has 0 fully saturated rings. The number of aromatic nitrogens is 1.